The van der Waals surface area contributed by atoms with Crippen LogP contribution in [-0.2, 0) is 4.79 Å². The number of phenolic OH excluding ortho intramolecular Hbond substituents is 1. The van der Waals surface area contributed by atoms with Crippen molar-refractivity contribution >= 4 is 62.9 Å². The van der Waals surface area contributed by atoms with Crippen LogP contribution < -0.4 is 5.32 Å². The summed E-state index contributed by atoms with van der Waals surface area (Å²) in [5.41, 5.74) is 2.36. The number of nitriles is 1. The Labute approximate surface area is 161 Å². The summed E-state index contributed by atoms with van der Waals surface area (Å²) in [7, 11) is 0. The lowest BCUT2D eigenvalue weighted by Gasteiger charge is -2.06. The van der Waals surface area contributed by atoms with Gasteiger partial charge in [-0.1, -0.05) is 12.1 Å². The first-order chi connectivity index (χ1) is 10.9. The van der Waals surface area contributed by atoms with Crippen molar-refractivity contribution in [2.75, 3.05) is 5.32 Å². The number of halogens is 2. The zero-order valence-electron chi connectivity index (χ0n) is 12.1. The Kier molecular flexibility index (Phi) is 6.01. The number of amides is 1. The predicted octanol–water partition coefficient (Wildman–Crippen LogP) is 4.46. The van der Waals surface area contributed by atoms with Crippen molar-refractivity contribution in [3.63, 3.8) is 0 Å². The van der Waals surface area contributed by atoms with E-state index in [0.717, 1.165) is 5.56 Å². The van der Waals surface area contributed by atoms with Gasteiger partial charge in [-0.15, -0.1) is 0 Å². The molecule has 0 bridgehead atoms. The van der Waals surface area contributed by atoms with E-state index in [1.54, 1.807) is 18.2 Å². The van der Waals surface area contributed by atoms with E-state index in [4.69, 9.17) is 0 Å². The van der Waals surface area contributed by atoms with Gasteiger partial charge in [0, 0.05) is 5.69 Å². The second kappa shape index (κ2) is 7.79. The number of hydrogen-bond acceptors (Lipinski definition) is 3. The molecule has 2 rings (SSSR count). The molecule has 0 spiro atoms. The largest absolute Gasteiger partial charge is 0.506 e. The van der Waals surface area contributed by atoms with Gasteiger partial charge in [0.15, 0.2) is 0 Å². The normalized spacial score (nSPS) is 11.0. The number of benzene rings is 2. The van der Waals surface area contributed by atoms with Gasteiger partial charge in [0.1, 0.15) is 17.4 Å². The van der Waals surface area contributed by atoms with Crippen molar-refractivity contribution in [2.45, 2.75) is 6.92 Å². The lowest BCUT2D eigenvalue weighted by Crippen LogP contribution is -2.13. The van der Waals surface area contributed by atoms with Gasteiger partial charge < -0.3 is 10.4 Å². The Morgan fingerprint density at radius 3 is 2.48 bits per heavy atom. The zero-order valence-corrected chi connectivity index (χ0v) is 16.4. The zero-order chi connectivity index (χ0) is 17.0. The highest BCUT2D eigenvalue weighted by atomic mass is 127. The maximum Gasteiger partial charge on any atom is 0.266 e. The van der Waals surface area contributed by atoms with E-state index in [1.807, 2.05) is 76.4 Å². The molecule has 2 aromatic carbocycles. The summed E-state index contributed by atoms with van der Waals surface area (Å²) >= 11 is 4.01. The quantitative estimate of drug-likeness (QED) is 0.350. The highest BCUT2D eigenvalue weighted by molar-refractivity contribution is 14.1. The SMILES string of the molecule is Cc1cccc(NC(=O)/C(C#N)=C\c2cc(I)c(O)c(I)c2)c1. The molecule has 0 atom stereocenters. The van der Waals surface area contributed by atoms with Crippen molar-refractivity contribution in [1.82, 2.24) is 0 Å². The summed E-state index contributed by atoms with van der Waals surface area (Å²) in [5, 5.41) is 21.7. The van der Waals surface area contributed by atoms with Gasteiger partial charge in [-0.25, -0.2) is 0 Å². The average Bonchev–Trinajstić information content (AvgIpc) is 2.50. The molecule has 6 heteroatoms. The number of aromatic hydroxyl groups is 1. The molecule has 116 valence electrons. The van der Waals surface area contributed by atoms with Crippen LogP contribution >= 0.6 is 45.2 Å². The second-order valence-corrected chi connectivity index (χ2v) is 7.15. The van der Waals surface area contributed by atoms with Crippen molar-refractivity contribution in [1.29, 1.82) is 5.26 Å². The fourth-order valence-corrected chi connectivity index (χ4v) is 3.72. The van der Waals surface area contributed by atoms with Crippen LogP contribution in [0.15, 0.2) is 42.0 Å². The van der Waals surface area contributed by atoms with Crippen LogP contribution in [0, 0.1) is 25.4 Å². The topological polar surface area (TPSA) is 73.1 Å². The molecular weight excluding hydrogens is 518 g/mol. The standard InChI is InChI=1S/C17H12I2N2O2/c1-10-3-2-4-13(5-10)21-17(23)12(9-20)6-11-7-14(18)16(22)15(19)8-11/h2-8,22H,1H3,(H,21,23)/b12-6-. The summed E-state index contributed by atoms with van der Waals surface area (Å²) in [4.78, 5) is 12.2. The van der Waals surface area contributed by atoms with Gasteiger partial charge in [-0.3, -0.25) is 4.79 Å². The Bertz CT molecular complexity index is 816. The number of phenols is 1. The summed E-state index contributed by atoms with van der Waals surface area (Å²) in [6, 6.07) is 12.7. The summed E-state index contributed by atoms with van der Waals surface area (Å²) in [6.07, 6.45) is 1.51. The first kappa shape index (κ1) is 17.7. The van der Waals surface area contributed by atoms with E-state index in [0.29, 0.717) is 18.4 Å². The number of nitrogens with zero attached hydrogens (tertiary/aromatic N) is 1. The molecule has 0 aliphatic rings. The fraction of sp³-hybridized carbons (Fsp3) is 0.0588. The van der Waals surface area contributed by atoms with E-state index >= 15 is 0 Å². The first-order valence-corrected chi connectivity index (χ1v) is 8.74. The maximum absolute atomic E-state index is 12.2. The summed E-state index contributed by atoms with van der Waals surface area (Å²) in [5.74, 6) is -0.262. The molecule has 4 nitrogen and oxygen atoms in total. The average molecular weight is 530 g/mol. The molecule has 0 aromatic heterocycles. The first-order valence-electron chi connectivity index (χ1n) is 6.58. The third-order valence-electron chi connectivity index (χ3n) is 2.99. The Morgan fingerprint density at radius 1 is 1.26 bits per heavy atom. The number of carbonyl (C=O) groups is 1. The molecule has 0 aliphatic heterocycles. The molecule has 0 aliphatic carbocycles. The Hall–Kier alpha value is -1.60. The number of aryl methyl sites for hydroxylation is 1. The van der Waals surface area contributed by atoms with E-state index in [2.05, 4.69) is 5.32 Å². The molecule has 0 unspecified atom stereocenters. The smallest absolute Gasteiger partial charge is 0.266 e. The van der Waals surface area contributed by atoms with E-state index in [9.17, 15) is 15.2 Å². The van der Waals surface area contributed by atoms with Gasteiger partial charge in [0.05, 0.1) is 7.14 Å². The third kappa shape index (κ3) is 4.68. The van der Waals surface area contributed by atoms with Crippen molar-refractivity contribution in [3.05, 3.63) is 60.2 Å². The Balaban J connectivity index is 2.28. The predicted molar refractivity (Wildman–Crippen MR) is 107 cm³/mol. The molecule has 2 N–H and O–H groups in total. The molecule has 1 amide bonds. The van der Waals surface area contributed by atoms with Crippen LogP contribution in [0.1, 0.15) is 11.1 Å². The lowest BCUT2D eigenvalue weighted by atomic mass is 10.1. The molecule has 0 radical (unpaired) electrons. The molecule has 0 heterocycles. The van der Waals surface area contributed by atoms with Gasteiger partial charge >= 0.3 is 0 Å². The fourth-order valence-electron chi connectivity index (χ4n) is 1.90. The summed E-state index contributed by atoms with van der Waals surface area (Å²) in [6.45, 7) is 1.93. The van der Waals surface area contributed by atoms with E-state index < -0.39 is 5.91 Å². The van der Waals surface area contributed by atoms with Gasteiger partial charge in [0.2, 0.25) is 0 Å². The Morgan fingerprint density at radius 2 is 1.91 bits per heavy atom. The number of carbonyl (C=O) groups excluding carboxylic acids is 1. The van der Waals surface area contributed by atoms with Crippen LogP contribution in [0.5, 0.6) is 5.75 Å². The van der Waals surface area contributed by atoms with Crippen LogP contribution in [0.2, 0.25) is 0 Å². The molecule has 23 heavy (non-hydrogen) atoms. The third-order valence-corrected chi connectivity index (χ3v) is 4.64. The second-order valence-electron chi connectivity index (χ2n) is 4.83. The lowest BCUT2D eigenvalue weighted by molar-refractivity contribution is -0.112. The highest BCUT2D eigenvalue weighted by Gasteiger charge is 2.11. The van der Waals surface area contributed by atoms with E-state index in [1.165, 1.54) is 6.08 Å². The van der Waals surface area contributed by atoms with Crippen molar-refractivity contribution in [2.24, 2.45) is 0 Å². The highest BCUT2D eigenvalue weighted by Crippen LogP contribution is 2.28. The number of nitrogens with one attached hydrogen (secondary N) is 1. The minimum Gasteiger partial charge on any atom is -0.506 e. The van der Waals surface area contributed by atoms with Crippen LogP contribution in [0.3, 0.4) is 0 Å². The van der Waals surface area contributed by atoms with Gasteiger partial charge in [-0.05, 0) is 93.6 Å². The molecule has 0 fully saturated rings. The molecular formula is C17H12I2N2O2. The monoisotopic (exact) mass is 530 g/mol. The van der Waals surface area contributed by atoms with Gasteiger partial charge in [0.25, 0.3) is 5.91 Å². The van der Waals surface area contributed by atoms with Crippen LogP contribution in [-0.4, -0.2) is 11.0 Å². The van der Waals surface area contributed by atoms with Gasteiger partial charge in [-0.2, -0.15) is 5.26 Å². The molecule has 0 saturated heterocycles. The maximum atomic E-state index is 12.2. The van der Waals surface area contributed by atoms with Crippen LogP contribution in [0.25, 0.3) is 6.08 Å². The van der Waals surface area contributed by atoms with E-state index in [-0.39, 0.29) is 11.3 Å². The minimum atomic E-state index is -0.462. The number of hydrogen-bond donors (Lipinski definition) is 2. The number of rotatable bonds is 3. The van der Waals surface area contributed by atoms with Crippen molar-refractivity contribution in [3.8, 4) is 11.8 Å². The molecule has 0 saturated carbocycles. The van der Waals surface area contributed by atoms with Crippen LogP contribution in [0.4, 0.5) is 5.69 Å². The van der Waals surface area contributed by atoms with Crippen molar-refractivity contribution < 1.29 is 9.90 Å². The minimum absolute atomic E-state index is 0.00351. The molecule has 2 aromatic rings. The number of anilines is 1. The summed E-state index contributed by atoms with van der Waals surface area (Å²) < 4.78 is 1.33.